The highest BCUT2D eigenvalue weighted by Gasteiger charge is 2.13. The van der Waals surface area contributed by atoms with Crippen LogP contribution in [0.5, 0.6) is 0 Å². The van der Waals surface area contributed by atoms with Crippen LogP contribution in [0.25, 0.3) is 11.3 Å². The van der Waals surface area contributed by atoms with Gasteiger partial charge in [-0.3, -0.25) is 9.89 Å². The van der Waals surface area contributed by atoms with E-state index in [1.54, 1.807) is 36.4 Å². The Kier molecular flexibility index (Phi) is 4.45. The first kappa shape index (κ1) is 15.7. The Bertz CT molecular complexity index is 864. The summed E-state index contributed by atoms with van der Waals surface area (Å²) in [6.07, 6.45) is 0. The summed E-state index contributed by atoms with van der Waals surface area (Å²) >= 11 is 9.00. The van der Waals surface area contributed by atoms with E-state index in [-0.39, 0.29) is 11.4 Å². The van der Waals surface area contributed by atoms with Crippen LogP contribution in [-0.2, 0) is 0 Å². The number of hydrogen-bond donors (Lipinski definition) is 2. The number of carbonyl (C=O) groups excluding carboxylic acids is 1. The summed E-state index contributed by atoms with van der Waals surface area (Å²) in [5, 5.41) is 9.85. The van der Waals surface area contributed by atoms with Gasteiger partial charge in [0.05, 0.1) is 11.4 Å². The highest BCUT2D eigenvalue weighted by molar-refractivity contribution is 9.10. The standard InChI is InChI=1S/C16H10BrClFN3O/c17-10-3-6-13(12(19)7-10)20-16(23)15-8-14(21-22-15)9-1-4-11(18)5-2-9/h1-8H,(H,20,23)(H,21,22). The van der Waals surface area contributed by atoms with Gasteiger partial charge in [0.2, 0.25) is 0 Å². The SMILES string of the molecule is O=C(Nc1ccc(Br)cc1F)c1cc(-c2ccc(Cl)cc2)n[nH]1. The van der Waals surface area contributed by atoms with Crippen LogP contribution in [0.1, 0.15) is 10.5 Å². The zero-order chi connectivity index (χ0) is 16.4. The number of hydrogen-bond acceptors (Lipinski definition) is 2. The Morgan fingerprint density at radius 3 is 2.61 bits per heavy atom. The first-order valence-electron chi connectivity index (χ1n) is 6.61. The summed E-state index contributed by atoms with van der Waals surface area (Å²) in [7, 11) is 0. The minimum absolute atomic E-state index is 0.0980. The van der Waals surface area contributed by atoms with E-state index in [1.165, 1.54) is 12.1 Å². The molecule has 0 aliphatic heterocycles. The Morgan fingerprint density at radius 1 is 1.17 bits per heavy atom. The van der Waals surface area contributed by atoms with Crippen molar-refractivity contribution in [2.75, 3.05) is 5.32 Å². The van der Waals surface area contributed by atoms with Crippen molar-refractivity contribution in [3.8, 4) is 11.3 Å². The Morgan fingerprint density at radius 2 is 1.91 bits per heavy atom. The van der Waals surface area contributed by atoms with E-state index in [2.05, 4.69) is 31.4 Å². The van der Waals surface area contributed by atoms with Crippen LogP contribution in [0.4, 0.5) is 10.1 Å². The molecule has 23 heavy (non-hydrogen) atoms. The van der Waals surface area contributed by atoms with E-state index < -0.39 is 11.7 Å². The van der Waals surface area contributed by atoms with Crippen molar-refractivity contribution < 1.29 is 9.18 Å². The Labute approximate surface area is 144 Å². The highest BCUT2D eigenvalue weighted by atomic mass is 79.9. The first-order chi connectivity index (χ1) is 11.0. The molecule has 0 saturated carbocycles. The van der Waals surface area contributed by atoms with Gasteiger partial charge in [-0.25, -0.2) is 4.39 Å². The number of nitrogens with zero attached hydrogens (tertiary/aromatic N) is 1. The molecule has 1 amide bonds. The molecule has 0 aliphatic rings. The molecule has 4 nitrogen and oxygen atoms in total. The van der Waals surface area contributed by atoms with Gasteiger partial charge in [0.1, 0.15) is 11.5 Å². The lowest BCUT2D eigenvalue weighted by Gasteiger charge is -2.04. The molecule has 116 valence electrons. The predicted octanol–water partition coefficient (Wildman–Crippen LogP) is 4.88. The van der Waals surface area contributed by atoms with E-state index in [9.17, 15) is 9.18 Å². The molecule has 0 unspecified atom stereocenters. The topological polar surface area (TPSA) is 57.8 Å². The van der Waals surface area contributed by atoms with Gasteiger partial charge >= 0.3 is 0 Å². The van der Waals surface area contributed by atoms with Gasteiger partial charge in [-0.2, -0.15) is 5.10 Å². The van der Waals surface area contributed by atoms with Crippen molar-refractivity contribution in [1.29, 1.82) is 0 Å². The van der Waals surface area contributed by atoms with Crippen molar-refractivity contribution in [3.63, 3.8) is 0 Å². The second-order valence-corrected chi connectivity index (χ2v) is 6.10. The maximum atomic E-state index is 13.8. The van der Waals surface area contributed by atoms with Gasteiger partial charge in [-0.05, 0) is 36.4 Å². The lowest BCUT2D eigenvalue weighted by molar-refractivity contribution is 0.102. The zero-order valence-corrected chi connectivity index (χ0v) is 14.0. The van der Waals surface area contributed by atoms with Gasteiger partial charge < -0.3 is 5.32 Å². The molecule has 0 atom stereocenters. The second-order valence-electron chi connectivity index (χ2n) is 4.75. The fourth-order valence-corrected chi connectivity index (χ4v) is 2.45. The number of aromatic nitrogens is 2. The number of aromatic amines is 1. The van der Waals surface area contributed by atoms with Crippen molar-refractivity contribution in [2.24, 2.45) is 0 Å². The molecule has 7 heteroatoms. The number of carbonyl (C=O) groups is 1. The number of nitrogens with one attached hydrogen (secondary N) is 2. The quantitative estimate of drug-likeness (QED) is 0.665. The minimum Gasteiger partial charge on any atom is -0.318 e. The van der Waals surface area contributed by atoms with Crippen LogP contribution >= 0.6 is 27.5 Å². The van der Waals surface area contributed by atoms with E-state index >= 15 is 0 Å². The Hall–Kier alpha value is -2.18. The van der Waals surface area contributed by atoms with Crippen LogP contribution in [-0.4, -0.2) is 16.1 Å². The average molecular weight is 395 g/mol. The normalized spacial score (nSPS) is 10.6. The average Bonchev–Trinajstić information content (AvgIpc) is 3.01. The van der Waals surface area contributed by atoms with Crippen LogP contribution in [0, 0.1) is 5.82 Å². The lowest BCUT2D eigenvalue weighted by atomic mass is 10.1. The number of anilines is 1. The van der Waals surface area contributed by atoms with Crippen LogP contribution in [0.15, 0.2) is 53.0 Å². The molecule has 0 aliphatic carbocycles. The van der Waals surface area contributed by atoms with E-state index in [0.29, 0.717) is 15.2 Å². The fraction of sp³-hybridized carbons (Fsp3) is 0. The molecule has 0 bridgehead atoms. The summed E-state index contributed by atoms with van der Waals surface area (Å²) in [5.74, 6) is -0.996. The minimum atomic E-state index is -0.523. The van der Waals surface area contributed by atoms with Gasteiger partial charge in [0.15, 0.2) is 0 Å². The number of benzene rings is 2. The van der Waals surface area contributed by atoms with Crippen LogP contribution < -0.4 is 5.32 Å². The smallest absolute Gasteiger partial charge is 0.273 e. The maximum absolute atomic E-state index is 13.8. The van der Waals surface area contributed by atoms with Gasteiger partial charge in [-0.15, -0.1) is 0 Å². The summed E-state index contributed by atoms with van der Waals surface area (Å²) in [6.45, 7) is 0. The van der Waals surface area contributed by atoms with E-state index in [1.807, 2.05) is 0 Å². The molecule has 0 fully saturated rings. The number of amides is 1. The van der Waals surface area contributed by atoms with Gasteiger partial charge in [-0.1, -0.05) is 39.7 Å². The second kappa shape index (κ2) is 6.52. The molecule has 2 aromatic carbocycles. The third-order valence-corrected chi connectivity index (χ3v) is 3.89. The monoisotopic (exact) mass is 393 g/mol. The third-order valence-electron chi connectivity index (χ3n) is 3.14. The molecule has 0 saturated heterocycles. The van der Waals surface area contributed by atoms with Crippen LogP contribution in [0.2, 0.25) is 5.02 Å². The number of H-pyrrole nitrogens is 1. The summed E-state index contributed by atoms with van der Waals surface area (Å²) in [6, 6.07) is 13.1. The van der Waals surface area contributed by atoms with E-state index in [0.717, 1.165) is 5.56 Å². The molecule has 0 spiro atoms. The third kappa shape index (κ3) is 3.60. The first-order valence-corrected chi connectivity index (χ1v) is 7.78. The van der Waals surface area contributed by atoms with Gasteiger partial charge in [0.25, 0.3) is 5.91 Å². The lowest BCUT2D eigenvalue weighted by Crippen LogP contribution is -2.13. The largest absolute Gasteiger partial charge is 0.318 e. The maximum Gasteiger partial charge on any atom is 0.273 e. The Balaban J connectivity index is 1.79. The molecule has 3 aromatic rings. The molecular weight excluding hydrogens is 385 g/mol. The highest BCUT2D eigenvalue weighted by Crippen LogP contribution is 2.22. The molecular formula is C16H10BrClFN3O. The van der Waals surface area contributed by atoms with E-state index in [4.69, 9.17) is 11.6 Å². The summed E-state index contributed by atoms with van der Waals surface area (Å²) < 4.78 is 14.3. The van der Waals surface area contributed by atoms with Crippen molar-refractivity contribution in [3.05, 3.63) is 69.5 Å². The number of rotatable bonds is 3. The summed E-state index contributed by atoms with van der Waals surface area (Å²) in [5.41, 5.74) is 1.75. The predicted molar refractivity (Wildman–Crippen MR) is 91.1 cm³/mol. The van der Waals surface area contributed by atoms with Crippen molar-refractivity contribution >= 4 is 39.1 Å². The molecule has 0 radical (unpaired) electrons. The molecule has 1 heterocycles. The fourth-order valence-electron chi connectivity index (χ4n) is 1.99. The van der Waals surface area contributed by atoms with Crippen molar-refractivity contribution in [2.45, 2.75) is 0 Å². The zero-order valence-electron chi connectivity index (χ0n) is 11.6. The van der Waals surface area contributed by atoms with Crippen molar-refractivity contribution in [1.82, 2.24) is 10.2 Å². The number of halogens is 3. The summed E-state index contributed by atoms with van der Waals surface area (Å²) in [4.78, 5) is 12.2. The molecule has 3 rings (SSSR count). The van der Waals surface area contributed by atoms with Crippen LogP contribution in [0.3, 0.4) is 0 Å². The molecule has 1 aromatic heterocycles. The van der Waals surface area contributed by atoms with Gasteiger partial charge in [0, 0.05) is 15.1 Å². The molecule has 2 N–H and O–H groups in total.